The summed E-state index contributed by atoms with van der Waals surface area (Å²) in [6.07, 6.45) is 14.1. The van der Waals surface area contributed by atoms with Crippen molar-refractivity contribution in [2.75, 3.05) is 18.4 Å². The van der Waals surface area contributed by atoms with Crippen molar-refractivity contribution in [2.24, 2.45) is 11.7 Å². The van der Waals surface area contributed by atoms with Gasteiger partial charge < -0.3 is 11.1 Å². The summed E-state index contributed by atoms with van der Waals surface area (Å²) in [5.74, 6) is 1.48. The molecule has 2 aromatic heterocycles. The van der Waals surface area contributed by atoms with Gasteiger partial charge in [-0.2, -0.15) is 5.10 Å². The second kappa shape index (κ2) is 6.69. The Labute approximate surface area is 155 Å². The fourth-order valence-corrected chi connectivity index (χ4v) is 4.60. The Balaban J connectivity index is 1.44. The van der Waals surface area contributed by atoms with Crippen LogP contribution in [0.25, 0.3) is 11.3 Å². The maximum atomic E-state index is 5.65. The summed E-state index contributed by atoms with van der Waals surface area (Å²) in [5, 5.41) is 8.66. The monoisotopic (exact) mass is 351 g/mol. The van der Waals surface area contributed by atoms with E-state index in [1.54, 1.807) is 0 Å². The molecule has 3 aliphatic rings. The highest BCUT2D eigenvalue weighted by atomic mass is 15.3. The van der Waals surface area contributed by atoms with Gasteiger partial charge in [0, 0.05) is 30.4 Å². The second-order valence-electron chi connectivity index (χ2n) is 8.33. The van der Waals surface area contributed by atoms with Crippen LogP contribution in [0.15, 0.2) is 18.5 Å². The third-order valence-electron chi connectivity index (χ3n) is 6.34. The predicted molar refractivity (Wildman–Crippen MR) is 104 cm³/mol. The normalized spacial score (nSPS) is 24.7. The second-order valence-corrected chi connectivity index (χ2v) is 8.33. The number of fused-ring (bicyclic) bond motifs is 1. The van der Waals surface area contributed by atoms with Gasteiger partial charge >= 0.3 is 0 Å². The average molecular weight is 351 g/mol. The summed E-state index contributed by atoms with van der Waals surface area (Å²) in [4.78, 5) is 4.78. The molecule has 2 fully saturated rings. The number of nitrogens with one attached hydrogen (secondary N) is 1. The smallest absolute Gasteiger partial charge is 0.0970 e. The Bertz CT molecular complexity index is 786. The van der Waals surface area contributed by atoms with Crippen molar-refractivity contribution in [2.45, 2.75) is 63.3 Å². The van der Waals surface area contributed by atoms with Crippen molar-refractivity contribution < 1.29 is 0 Å². The topological polar surface area (TPSA) is 68.8 Å². The first-order valence-corrected chi connectivity index (χ1v) is 10.3. The van der Waals surface area contributed by atoms with E-state index in [9.17, 15) is 0 Å². The molecule has 2 saturated carbocycles. The van der Waals surface area contributed by atoms with Gasteiger partial charge in [0.1, 0.15) is 0 Å². The largest absolute Gasteiger partial charge is 0.383 e. The third-order valence-corrected chi connectivity index (χ3v) is 6.34. The fourth-order valence-electron chi connectivity index (χ4n) is 4.60. The minimum absolute atomic E-state index is 0.566. The van der Waals surface area contributed by atoms with Crippen LogP contribution in [-0.4, -0.2) is 27.9 Å². The van der Waals surface area contributed by atoms with E-state index < -0.39 is 0 Å². The number of nitrogens with zero attached hydrogens (tertiary/aromatic N) is 3. The van der Waals surface area contributed by atoms with E-state index in [2.05, 4.69) is 22.3 Å². The van der Waals surface area contributed by atoms with Gasteiger partial charge in [0.2, 0.25) is 0 Å². The Morgan fingerprint density at radius 3 is 2.96 bits per heavy atom. The van der Waals surface area contributed by atoms with Crippen molar-refractivity contribution in [3.63, 3.8) is 0 Å². The molecule has 5 rings (SSSR count). The first-order valence-electron chi connectivity index (χ1n) is 10.3. The number of hydrogen-bond acceptors (Lipinski definition) is 4. The van der Waals surface area contributed by atoms with E-state index in [1.807, 2.05) is 6.20 Å². The van der Waals surface area contributed by atoms with Gasteiger partial charge in [-0.3, -0.25) is 9.67 Å². The van der Waals surface area contributed by atoms with Crippen molar-refractivity contribution in [1.29, 1.82) is 0 Å². The lowest BCUT2D eigenvalue weighted by atomic mass is 9.77. The van der Waals surface area contributed by atoms with Crippen LogP contribution in [0.3, 0.4) is 0 Å². The lowest BCUT2D eigenvalue weighted by Crippen LogP contribution is -2.27. The number of aryl methyl sites for hydroxylation is 1. The molecule has 2 aromatic rings. The van der Waals surface area contributed by atoms with E-state index in [-0.39, 0.29) is 0 Å². The number of rotatable bonds is 6. The maximum Gasteiger partial charge on any atom is 0.0970 e. The van der Waals surface area contributed by atoms with Crippen molar-refractivity contribution in [1.82, 2.24) is 14.8 Å². The highest BCUT2D eigenvalue weighted by molar-refractivity contribution is 5.79. The zero-order valence-electron chi connectivity index (χ0n) is 15.5. The van der Waals surface area contributed by atoms with E-state index in [0.717, 1.165) is 37.5 Å². The van der Waals surface area contributed by atoms with Crippen LogP contribution in [0.2, 0.25) is 0 Å². The summed E-state index contributed by atoms with van der Waals surface area (Å²) in [5.41, 5.74) is 12.0. The third kappa shape index (κ3) is 2.92. The zero-order chi connectivity index (χ0) is 17.5. The summed E-state index contributed by atoms with van der Waals surface area (Å²) in [6, 6.07) is 2.73. The zero-order valence-corrected chi connectivity index (χ0v) is 15.5. The molecule has 5 nitrogen and oxygen atoms in total. The minimum Gasteiger partial charge on any atom is -0.383 e. The van der Waals surface area contributed by atoms with Gasteiger partial charge in [-0.05, 0) is 75.5 Å². The molecule has 3 N–H and O–H groups in total. The lowest BCUT2D eigenvalue weighted by molar-refractivity contribution is 0.171. The van der Waals surface area contributed by atoms with Crippen LogP contribution in [0, 0.1) is 5.92 Å². The SMILES string of the molecule is NCCCC1CC(n2cc(-c3nccc4c3NCCC4)c(C3CC3)n2)C1. The first-order chi connectivity index (χ1) is 12.8. The van der Waals surface area contributed by atoms with Gasteiger partial charge in [-0.1, -0.05) is 0 Å². The Kier molecular flexibility index (Phi) is 4.20. The molecular formula is C21H29N5. The van der Waals surface area contributed by atoms with E-state index in [1.165, 1.54) is 61.0 Å². The molecule has 0 bridgehead atoms. The van der Waals surface area contributed by atoms with Crippen LogP contribution >= 0.6 is 0 Å². The molecule has 138 valence electrons. The molecule has 0 saturated heterocycles. The summed E-state index contributed by atoms with van der Waals surface area (Å²) in [7, 11) is 0. The molecule has 3 heterocycles. The highest BCUT2D eigenvalue weighted by Gasteiger charge is 2.35. The van der Waals surface area contributed by atoms with E-state index >= 15 is 0 Å². The van der Waals surface area contributed by atoms with Crippen molar-refractivity contribution >= 4 is 5.69 Å². The van der Waals surface area contributed by atoms with Crippen LogP contribution in [-0.2, 0) is 6.42 Å². The Morgan fingerprint density at radius 2 is 2.15 bits per heavy atom. The van der Waals surface area contributed by atoms with Gasteiger partial charge in [-0.25, -0.2) is 0 Å². The molecule has 2 aliphatic carbocycles. The minimum atomic E-state index is 0.566. The Morgan fingerprint density at radius 1 is 1.27 bits per heavy atom. The van der Waals surface area contributed by atoms with Crippen LogP contribution < -0.4 is 11.1 Å². The van der Waals surface area contributed by atoms with Gasteiger partial charge in [-0.15, -0.1) is 0 Å². The van der Waals surface area contributed by atoms with Gasteiger partial charge in [0.05, 0.1) is 23.1 Å². The van der Waals surface area contributed by atoms with Gasteiger partial charge in [0.25, 0.3) is 0 Å². The number of hydrogen-bond donors (Lipinski definition) is 2. The molecule has 0 spiro atoms. The lowest BCUT2D eigenvalue weighted by Gasteiger charge is -2.35. The quantitative estimate of drug-likeness (QED) is 0.829. The molecule has 0 amide bonds. The number of aromatic nitrogens is 3. The van der Waals surface area contributed by atoms with E-state index in [0.29, 0.717) is 12.0 Å². The number of nitrogens with two attached hydrogens (primary N) is 1. The standard InChI is InChI=1S/C21H29N5/c22-8-1-3-14-11-17(12-14)26-13-18(19(25-26)16-5-6-16)21-20-15(7-10-24-21)4-2-9-23-20/h7,10,13-14,16-17,23H,1-6,8-9,11-12,22H2. The van der Waals surface area contributed by atoms with E-state index in [4.69, 9.17) is 15.8 Å². The molecular weight excluding hydrogens is 322 g/mol. The number of pyridine rings is 1. The average Bonchev–Trinajstić information content (AvgIpc) is 3.40. The Hall–Kier alpha value is -1.88. The number of anilines is 1. The molecule has 26 heavy (non-hydrogen) atoms. The fraction of sp³-hybridized carbons (Fsp3) is 0.619. The van der Waals surface area contributed by atoms with Crippen LogP contribution in [0.4, 0.5) is 5.69 Å². The van der Waals surface area contributed by atoms with Crippen LogP contribution in [0.1, 0.15) is 68.2 Å². The summed E-state index contributed by atoms with van der Waals surface area (Å²) >= 11 is 0. The highest BCUT2D eigenvalue weighted by Crippen LogP contribution is 2.47. The van der Waals surface area contributed by atoms with Crippen molar-refractivity contribution in [3.8, 4) is 11.3 Å². The van der Waals surface area contributed by atoms with Gasteiger partial charge in [0.15, 0.2) is 0 Å². The van der Waals surface area contributed by atoms with Crippen molar-refractivity contribution in [3.05, 3.63) is 29.7 Å². The molecule has 5 heteroatoms. The maximum absolute atomic E-state index is 5.65. The summed E-state index contributed by atoms with van der Waals surface area (Å²) in [6.45, 7) is 1.86. The first kappa shape index (κ1) is 16.3. The molecule has 1 aliphatic heterocycles. The molecule has 0 unspecified atom stereocenters. The molecule has 0 atom stereocenters. The van der Waals surface area contributed by atoms with Crippen LogP contribution in [0.5, 0.6) is 0 Å². The summed E-state index contributed by atoms with van der Waals surface area (Å²) < 4.78 is 2.26. The molecule has 0 aromatic carbocycles. The molecule has 0 radical (unpaired) electrons. The predicted octanol–water partition coefficient (Wildman–Crippen LogP) is 3.87.